The summed E-state index contributed by atoms with van der Waals surface area (Å²) in [4.78, 5) is 17.8. The molecule has 6 rings (SSSR count). The molecule has 3 aliphatic rings. The van der Waals surface area contributed by atoms with Crippen molar-refractivity contribution in [3.05, 3.63) is 60.4 Å². The lowest BCUT2D eigenvalue weighted by Crippen LogP contribution is -2.72. The zero-order chi connectivity index (χ0) is 19.0. The van der Waals surface area contributed by atoms with Gasteiger partial charge >= 0.3 is 0 Å². The molecule has 2 bridgehead atoms. The summed E-state index contributed by atoms with van der Waals surface area (Å²) in [5.74, 6) is 0.526. The van der Waals surface area contributed by atoms with Gasteiger partial charge in [-0.15, -0.1) is 0 Å². The Kier molecular flexibility index (Phi) is 4.28. The van der Waals surface area contributed by atoms with Crippen LogP contribution in [0.1, 0.15) is 49.0 Å². The molecular formula is C22H25N5O. The van der Waals surface area contributed by atoms with Crippen molar-refractivity contribution in [1.82, 2.24) is 20.0 Å². The molecule has 6 heteroatoms. The predicted octanol–water partition coefficient (Wildman–Crippen LogP) is 3.83. The molecule has 2 atom stereocenters. The molecule has 2 aliphatic heterocycles. The van der Waals surface area contributed by atoms with E-state index in [0.717, 1.165) is 30.5 Å². The van der Waals surface area contributed by atoms with Crippen molar-refractivity contribution in [3.8, 4) is 0 Å². The fourth-order valence-corrected chi connectivity index (χ4v) is 4.50. The van der Waals surface area contributed by atoms with Crippen molar-refractivity contribution >= 4 is 23.1 Å². The Morgan fingerprint density at radius 3 is 2.79 bits per heavy atom. The number of nitrogens with one attached hydrogen (secondary N) is 3. The third kappa shape index (κ3) is 3.14. The van der Waals surface area contributed by atoms with Gasteiger partial charge in [0.15, 0.2) is 5.69 Å². The van der Waals surface area contributed by atoms with Crippen molar-refractivity contribution in [2.24, 2.45) is 0 Å². The van der Waals surface area contributed by atoms with Crippen LogP contribution in [0.4, 0.5) is 11.6 Å². The van der Waals surface area contributed by atoms with Crippen LogP contribution in [0.15, 0.2) is 54.7 Å². The number of carbonyl (C=O) groups is 1. The van der Waals surface area contributed by atoms with Gasteiger partial charge in [-0.05, 0) is 49.9 Å². The van der Waals surface area contributed by atoms with Gasteiger partial charge in [-0.3, -0.25) is 14.5 Å². The summed E-state index contributed by atoms with van der Waals surface area (Å²) >= 11 is 0. The Bertz CT molecular complexity index is 985. The SMILES string of the molecule is O=C(NC12CCCCCC(C1)N2)c1nc(Nc2ccccc2)n2ccccc12. The molecule has 0 spiro atoms. The topological polar surface area (TPSA) is 70.5 Å². The quantitative estimate of drug-likeness (QED) is 0.648. The van der Waals surface area contributed by atoms with Gasteiger partial charge in [0.25, 0.3) is 5.91 Å². The molecule has 3 fully saturated rings. The zero-order valence-corrected chi connectivity index (χ0v) is 15.8. The molecule has 1 amide bonds. The van der Waals surface area contributed by atoms with Gasteiger partial charge in [-0.1, -0.05) is 37.1 Å². The lowest BCUT2D eigenvalue weighted by molar-refractivity contribution is 0.0511. The third-order valence-electron chi connectivity index (χ3n) is 5.88. The highest BCUT2D eigenvalue weighted by Gasteiger charge is 2.45. The molecule has 1 aromatic carbocycles. The molecule has 2 saturated heterocycles. The number of carbonyl (C=O) groups excluding carboxylic acids is 1. The lowest BCUT2D eigenvalue weighted by Gasteiger charge is -2.51. The molecule has 0 radical (unpaired) electrons. The van der Waals surface area contributed by atoms with Crippen LogP contribution in [0.5, 0.6) is 0 Å². The number of amides is 1. The average molecular weight is 375 g/mol. The van der Waals surface area contributed by atoms with E-state index >= 15 is 0 Å². The number of rotatable bonds is 4. The first kappa shape index (κ1) is 17.3. The van der Waals surface area contributed by atoms with E-state index in [1.54, 1.807) is 0 Å². The smallest absolute Gasteiger partial charge is 0.273 e. The van der Waals surface area contributed by atoms with Crippen molar-refractivity contribution in [2.75, 3.05) is 5.32 Å². The van der Waals surface area contributed by atoms with E-state index < -0.39 is 0 Å². The Labute approximate surface area is 164 Å². The zero-order valence-electron chi connectivity index (χ0n) is 15.8. The summed E-state index contributed by atoms with van der Waals surface area (Å²) in [7, 11) is 0. The lowest BCUT2D eigenvalue weighted by atomic mass is 9.80. The minimum atomic E-state index is -0.264. The highest BCUT2D eigenvalue weighted by atomic mass is 16.2. The highest BCUT2D eigenvalue weighted by molar-refractivity contribution is 6.00. The van der Waals surface area contributed by atoms with Crippen LogP contribution < -0.4 is 16.0 Å². The van der Waals surface area contributed by atoms with Crippen molar-refractivity contribution in [3.63, 3.8) is 0 Å². The number of nitrogens with zero attached hydrogens (tertiary/aromatic N) is 2. The van der Waals surface area contributed by atoms with E-state index in [0.29, 0.717) is 17.7 Å². The van der Waals surface area contributed by atoms with Gasteiger partial charge in [-0.25, -0.2) is 4.98 Å². The van der Waals surface area contributed by atoms with Crippen LogP contribution in [0, 0.1) is 0 Å². The summed E-state index contributed by atoms with van der Waals surface area (Å²) in [6.07, 6.45) is 8.79. The van der Waals surface area contributed by atoms with Crippen molar-refractivity contribution in [2.45, 2.75) is 50.2 Å². The van der Waals surface area contributed by atoms with Crippen LogP contribution in [0.2, 0.25) is 0 Å². The molecule has 3 N–H and O–H groups in total. The maximum absolute atomic E-state index is 13.2. The van der Waals surface area contributed by atoms with Crippen LogP contribution >= 0.6 is 0 Å². The number of hydrogen-bond acceptors (Lipinski definition) is 4. The van der Waals surface area contributed by atoms with E-state index in [1.165, 1.54) is 19.3 Å². The second-order valence-corrected chi connectivity index (χ2v) is 7.91. The predicted molar refractivity (Wildman–Crippen MR) is 110 cm³/mol. The molecule has 2 aromatic heterocycles. The number of hydrogen-bond donors (Lipinski definition) is 3. The summed E-state index contributed by atoms with van der Waals surface area (Å²) in [6.45, 7) is 0. The van der Waals surface area contributed by atoms with Gasteiger partial charge in [-0.2, -0.15) is 0 Å². The average Bonchev–Trinajstić information content (AvgIpc) is 3.02. The Balaban J connectivity index is 1.43. The van der Waals surface area contributed by atoms with Crippen LogP contribution in [-0.4, -0.2) is 27.0 Å². The van der Waals surface area contributed by atoms with E-state index in [-0.39, 0.29) is 11.6 Å². The van der Waals surface area contributed by atoms with Gasteiger partial charge in [0.1, 0.15) is 0 Å². The van der Waals surface area contributed by atoms with E-state index in [4.69, 9.17) is 0 Å². The fraction of sp³-hybridized carbons (Fsp3) is 0.364. The van der Waals surface area contributed by atoms with Gasteiger partial charge < -0.3 is 10.6 Å². The van der Waals surface area contributed by atoms with Gasteiger partial charge in [0.2, 0.25) is 5.95 Å². The minimum Gasteiger partial charge on any atom is -0.332 e. The summed E-state index contributed by atoms with van der Waals surface area (Å²) < 4.78 is 1.93. The van der Waals surface area contributed by atoms with Crippen LogP contribution in [0.3, 0.4) is 0 Å². The largest absolute Gasteiger partial charge is 0.332 e. The molecule has 144 valence electrons. The molecule has 2 unspecified atom stereocenters. The molecule has 1 aliphatic carbocycles. The Hall–Kier alpha value is -2.86. The number of pyridine rings is 1. The van der Waals surface area contributed by atoms with E-state index in [1.807, 2.05) is 59.1 Å². The number of aromatic nitrogens is 2. The molecule has 6 nitrogen and oxygen atoms in total. The normalized spacial score (nSPS) is 24.1. The molecule has 1 saturated carbocycles. The van der Waals surface area contributed by atoms with Crippen LogP contribution in [0.25, 0.3) is 5.52 Å². The Morgan fingerprint density at radius 1 is 1.11 bits per heavy atom. The number of benzene rings is 1. The number of para-hydroxylation sites is 1. The first-order chi connectivity index (χ1) is 13.7. The minimum absolute atomic E-state index is 0.115. The van der Waals surface area contributed by atoms with Crippen molar-refractivity contribution in [1.29, 1.82) is 0 Å². The number of fused-ring (bicyclic) bond motifs is 5. The van der Waals surface area contributed by atoms with Crippen molar-refractivity contribution < 1.29 is 4.79 Å². The monoisotopic (exact) mass is 375 g/mol. The molecular weight excluding hydrogens is 350 g/mol. The molecule has 3 aromatic rings. The first-order valence-electron chi connectivity index (χ1n) is 10.1. The standard InChI is InChI=1S/C22H25N5O/c28-20(26-22-13-7-2-5-11-17(15-22)25-22)19-18-12-6-8-14-27(18)21(24-19)23-16-9-3-1-4-10-16/h1,3-4,6,8-10,12,14,17,25H,2,5,7,11,13,15H2,(H,23,24)(H,26,28). The fourth-order valence-electron chi connectivity index (χ4n) is 4.50. The highest BCUT2D eigenvalue weighted by Crippen LogP contribution is 2.34. The second-order valence-electron chi connectivity index (χ2n) is 7.91. The molecule has 28 heavy (non-hydrogen) atoms. The van der Waals surface area contributed by atoms with E-state index in [9.17, 15) is 4.79 Å². The van der Waals surface area contributed by atoms with E-state index in [2.05, 4.69) is 20.9 Å². The van der Waals surface area contributed by atoms with Gasteiger partial charge in [0.05, 0.1) is 11.2 Å². The maximum atomic E-state index is 13.2. The summed E-state index contributed by atoms with van der Waals surface area (Å²) in [5.41, 5.74) is 1.93. The van der Waals surface area contributed by atoms with Crippen LogP contribution in [-0.2, 0) is 0 Å². The summed E-state index contributed by atoms with van der Waals surface area (Å²) in [5, 5.41) is 10.2. The number of anilines is 2. The summed E-state index contributed by atoms with van der Waals surface area (Å²) in [6, 6.07) is 16.2. The second kappa shape index (κ2) is 6.95. The first-order valence-corrected chi connectivity index (χ1v) is 10.1. The van der Waals surface area contributed by atoms with Gasteiger partial charge in [0, 0.05) is 17.9 Å². The number of imidazole rings is 1. The Morgan fingerprint density at radius 2 is 1.93 bits per heavy atom. The third-order valence-corrected chi connectivity index (χ3v) is 5.88. The maximum Gasteiger partial charge on any atom is 0.273 e. The molecule has 4 heterocycles.